The van der Waals surface area contributed by atoms with E-state index >= 15 is 0 Å². The zero-order valence-corrected chi connectivity index (χ0v) is 13.3. The second-order valence-corrected chi connectivity index (χ2v) is 6.61. The quantitative estimate of drug-likeness (QED) is 0.920. The molecule has 0 radical (unpaired) electrons. The van der Waals surface area contributed by atoms with Gasteiger partial charge in [0, 0.05) is 25.7 Å². The summed E-state index contributed by atoms with van der Waals surface area (Å²) in [6.07, 6.45) is 5.30. The third-order valence-electron chi connectivity index (χ3n) is 5.12. The minimum Gasteiger partial charge on any atom is -0.380 e. The fraction of sp³-hybridized carbons (Fsp3) is 0.667. The summed E-state index contributed by atoms with van der Waals surface area (Å²) in [5.41, 5.74) is 2.80. The van der Waals surface area contributed by atoms with Gasteiger partial charge in [0.2, 0.25) is 0 Å². The van der Waals surface area contributed by atoms with Crippen molar-refractivity contribution < 1.29 is 4.74 Å². The third kappa shape index (κ3) is 3.65. The first-order chi connectivity index (χ1) is 10.3. The molecule has 1 N–H and O–H groups in total. The monoisotopic (exact) mass is 288 g/mol. The highest BCUT2D eigenvalue weighted by atomic mass is 16.5. The van der Waals surface area contributed by atoms with Gasteiger partial charge in [-0.15, -0.1) is 0 Å². The SMILES string of the molecule is CO[C@H]1C[C@H](Cc2ccc(C)cc2)N(C2CCNCC2)C1. The van der Waals surface area contributed by atoms with Crippen molar-refractivity contribution in [2.45, 2.75) is 50.8 Å². The Labute approximate surface area is 128 Å². The molecule has 2 aliphatic rings. The molecule has 2 fully saturated rings. The molecule has 0 unspecified atom stereocenters. The van der Waals surface area contributed by atoms with Crippen LogP contribution in [-0.4, -0.2) is 49.8 Å². The Bertz CT molecular complexity index is 439. The van der Waals surface area contributed by atoms with Gasteiger partial charge < -0.3 is 10.1 Å². The molecule has 21 heavy (non-hydrogen) atoms. The van der Waals surface area contributed by atoms with Crippen LogP contribution in [0.2, 0.25) is 0 Å². The molecule has 1 aromatic carbocycles. The Balaban J connectivity index is 1.69. The standard InChI is InChI=1S/C18H28N2O/c1-14-3-5-15(6-4-14)11-17-12-18(21-2)13-20(17)16-7-9-19-10-8-16/h3-6,16-19H,7-13H2,1-2H3/t17-,18-/m0/s1. The topological polar surface area (TPSA) is 24.5 Å². The Morgan fingerprint density at radius 3 is 2.57 bits per heavy atom. The number of aryl methyl sites for hydroxylation is 1. The summed E-state index contributed by atoms with van der Waals surface area (Å²) in [7, 11) is 1.86. The first-order valence-electron chi connectivity index (χ1n) is 8.31. The van der Waals surface area contributed by atoms with Crippen LogP contribution >= 0.6 is 0 Å². The number of hydrogen-bond acceptors (Lipinski definition) is 3. The number of benzene rings is 1. The molecule has 2 aliphatic heterocycles. The van der Waals surface area contributed by atoms with Crippen LogP contribution in [0.25, 0.3) is 0 Å². The maximum absolute atomic E-state index is 5.66. The number of nitrogens with zero attached hydrogens (tertiary/aromatic N) is 1. The van der Waals surface area contributed by atoms with Crippen LogP contribution in [-0.2, 0) is 11.2 Å². The number of methoxy groups -OCH3 is 1. The summed E-state index contributed by atoms with van der Waals surface area (Å²) in [4.78, 5) is 2.73. The van der Waals surface area contributed by atoms with Crippen molar-refractivity contribution >= 4 is 0 Å². The molecule has 0 saturated carbocycles. The van der Waals surface area contributed by atoms with Gasteiger partial charge in [-0.05, 0) is 51.3 Å². The average Bonchev–Trinajstić information content (AvgIpc) is 2.93. The fourth-order valence-electron chi connectivity index (χ4n) is 3.85. The smallest absolute Gasteiger partial charge is 0.0713 e. The highest BCUT2D eigenvalue weighted by molar-refractivity contribution is 5.22. The minimum absolute atomic E-state index is 0.412. The largest absolute Gasteiger partial charge is 0.380 e. The molecule has 3 heteroatoms. The average molecular weight is 288 g/mol. The molecular formula is C18H28N2O. The highest BCUT2D eigenvalue weighted by Gasteiger charge is 2.36. The summed E-state index contributed by atoms with van der Waals surface area (Å²) in [5.74, 6) is 0. The van der Waals surface area contributed by atoms with Crippen molar-refractivity contribution in [1.29, 1.82) is 0 Å². The van der Waals surface area contributed by atoms with E-state index in [0.29, 0.717) is 12.1 Å². The Hall–Kier alpha value is -0.900. The summed E-state index contributed by atoms with van der Waals surface area (Å²) >= 11 is 0. The summed E-state index contributed by atoms with van der Waals surface area (Å²) in [6, 6.07) is 10.4. The van der Waals surface area contributed by atoms with Crippen LogP contribution in [0.15, 0.2) is 24.3 Å². The molecular weight excluding hydrogens is 260 g/mol. The van der Waals surface area contributed by atoms with Crippen molar-refractivity contribution in [3.8, 4) is 0 Å². The number of nitrogens with one attached hydrogen (secondary N) is 1. The van der Waals surface area contributed by atoms with E-state index in [0.717, 1.165) is 32.1 Å². The van der Waals surface area contributed by atoms with Crippen molar-refractivity contribution in [2.24, 2.45) is 0 Å². The zero-order chi connectivity index (χ0) is 14.7. The molecule has 0 amide bonds. The van der Waals surface area contributed by atoms with E-state index in [1.165, 1.54) is 30.4 Å². The van der Waals surface area contributed by atoms with Crippen LogP contribution in [0, 0.1) is 6.92 Å². The molecule has 0 bridgehead atoms. The third-order valence-corrected chi connectivity index (χ3v) is 5.12. The van der Waals surface area contributed by atoms with E-state index in [-0.39, 0.29) is 0 Å². The van der Waals surface area contributed by atoms with Gasteiger partial charge in [-0.2, -0.15) is 0 Å². The predicted octanol–water partition coefficient (Wildman–Crippen LogP) is 2.38. The van der Waals surface area contributed by atoms with Crippen molar-refractivity contribution in [2.75, 3.05) is 26.7 Å². The van der Waals surface area contributed by atoms with E-state index < -0.39 is 0 Å². The molecule has 0 aromatic heterocycles. The molecule has 2 saturated heterocycles. The molecule has 3 nitrogen and oxygen atoms in total. The first kappa shape index (κ1) is 15.0. The maximum atomic E-state index is 5.66. The van der Waals surface area contributed by atoms with Crippen molar-refractivity contribution in [3.63, 3.8) is 0 Å². The van der Waals surface area contributed by atoms with Crippen molar-refractivity contribution in [3.05, 3.63) is 35.4 Å². The van der Waals surface area contributed by atoms with Crippen molar-refractivity contribution in [1.82, 2.24) is 10.2 Å². The highest BCUT2D eigenvalue weighted by Crippen LogP contribution is 2.28. The molecule has 2 atom stereocenters. The molecule has 2 heterocycles. The van der Waals surface area contributed by atoms with E-state index in [9.17, 15) is 0 Å². The van der Waals surface area contributed by atoms with Gasteiger partial charge in [-0.3, -0.25) is 4.90 Å². The van der Waals surface area contributed by atoms with Crippen LogP contribution < -0.4 is 5.32 Å². The zero-order valence-electron chi connectivity index (χ0n) is 13.3. The van der Waals surface area contributed by atoms with E-state index in [1.807, 2.05) is 7.11 Å². The van der Waals surface area contributed by atoms with Gasteiger partial charge in [-0.25, -0.2) is 0 Å². The van der Waals surface area contributed by atoms with Gasteiger partial charge in [0.05, 0.1) is 6.10 Å². The summed E-state index contributed by atoms with van der Waals surface area (Å²) in [5, 5.41) is 3.48. The lowest BCUT2D eigenvalue weighted by molar-refractivity contribution is 0.0931. The number of hydrogen-bond donors (Lipinski definition) is 1. The second kappa shape index (κ2) is 6.91. The van der Waals surface area contributed by atoms with Gasteiger partial charge in [-0.1, -0.05) is 29.8 Å². The Kier molecular flexibility index (Phi) is 4.94. The lowest BCUT2D eigenvalue weighted by Crippen LogP contribution is -2.46. The predicted molar refractivity (Wildman–Crippen MR) is 86.7 cm³/mol. The normalized spacial score (nSPS) is 28.1. The molecule has 116 valence electrons. The number of rotatable bonds is 4. The molecule has 3 rings (SSSR count). The fourth-order valence-corrected chi connectivity index (χ4v) is 3.85. The van der Waals surface area contributed by atoms with Crippen LogP contribution in [0.4, 0.5) is 0 Å². The second-order valence-electron chi connectivity index (χ2n) is 6.61. The number of likely N-dealkylation sites (tertiary alicyclic amines) is 1. The Morgan fingerprint density at radius 2 is 1.90 bits per heavy atom. The minimum atomic E-state index is 0.412. The molecule has 0 aliphatic carbocycles. The van der Waals surface area contributed by atoms with E-state index in [2.05, 4.69) is 41.4 Å². The summed E-state index contributed by atoms with van der Waals surface area (Å²) in [6.45, 7) is 5.59. The van der Waals surface area contributed by atoms with Gasteiger partial charge in [0.15, 0.2) is 0 Å². The summed E-state index contributed by atoms with van der Waals surface area (Å²) < 4.78 is 5.66. The van der Waals surface area contributed by atoms with Crippen LogP contribution in [0.3, 0.4) is 0 Å². The van der Waals surface area contributed by atoms with Crippen LogP contribution in [0.5, 0.6) is 0 Å². The van der Waals surface area contributed by atoms with Gasteiger partial charge >= 0.3 is 0 Å². The van der Waals surface area contributed by atoms with E-state index in [1.54, 1.807) is 0 Å². The Morgan fingerprint density at radius 1 is 1.19 bits per heavy atom. The lowest BCUT2D eigenvalue weighted by Gasteiger charge is -2.35. The van der Waals surface area contributed by atoms with Crippen LogP contribution in [0.1, 0.15) is 30.4 Å². The van der Waals surface area contributed by atoms with E-state index in [4.69, 9.17) is 4.74 Å². The molecule has 0 spiro atoms. The maximum Gasteiger partial charge on any atom is 0.0713 e. The van der Waals surface area contributed by atoms with Gasteiger partial charge in [0.1, 0.15) is 0 Å². The van der Waals surface area contributed by atoms with Gasteiger partial charge in [0.25, 0.3) is 0 Å². The number of piperidine rings is 1. The lowest BCUT2D eigenvalue weighted by atomic mass is 9.99. The number of ether oxygens (including phenoxy) is 1. The first-order valence-corrected chi connectivity index (χ1v) is 8.31. The molecule has 1 aromatic rings.